The van der Waals surface area contributed by atoms with Crippen molar-refractivity contribution in [1.82, 2.24) is 20.0 Å². The van der Waals surface area contributed by atoms with Crippen LogP contribution in [0.3, 0.4) is 0 Å². The molecule has 0 radical (unpaired) electrons. The monoisotopic (exact) mass is 1850 g/mol. The molecule has 0 aliphatic rings. The molecule has 2 aromatic heterocycles. The van der Waals surface area contributed by atoms with E-state index in [4.69, 9.17) is 28.4 Å². The Morgan fingerprint density at radius 2 is 0.681 bits per heavy atom. The van der Waals surface area contributed by atoms with Crippen LogP contribution in [-0.4, -0.2) is 130 Å². The first kappa shape index (κ1) is 102. The van der Waals surface area contributed by atoms with Gasteiger partial charge in [-0.3, -0.25) is 67.7 Å². The van der Waals surface area contributed by atoms with E-state index in [9.17, 15) is 77.9 Å². The third-order valence-electron chi connectivity index (χ3n) is 19.4. The number of methoxy groups -OCH3 is 2. The summed E-state index contributed by atoms with van der Waals surface area (Å²) in [5, 5.41) is 11.1. The van der Waals surface area contributed by atoms with E-state index >= 15 is 0 Å². The van der Waals surface area contributed by atoms with Gasteiger partial charge >= 0.3 is 23.9 Å². The standard InChI is InChI=1S/C29H27F2N3O3.C27H27F2NO4.C26H24F3NO4.C22H21F2N3O3/c1-29(2,3)37-26(35)19-34(28(36)27-24(30)13-8-14-25(27)31)23-12-7-11-21(15-23)22-16-32-33(18-22)17-20-9-5-4-6-10-20;1-17-14-20(33-5)12-13-21(17)18-8-6-9-19(15-18)30(16-24(31)34-27(2,3)4)26(32)25-22(28)10-7-11-23(25)29;1-26(2,3)34-22(31)15-30(25(32)23-19(27)11-7-12-20(23)28)17-9-5-8-16(14-17)18-10-6-13-21(33-4)24(18)29;1-22(2,3)30-19(28)13-27(21(29)20-16(23)8-5-9-17(20)24)15-7-4-6-14(12-15)18-10-11-25-26-18/h4-16,18H,17,19H2,1-3H3;6-15H,16H2,1-5H3;5-14H,15H2,1-4H3;4-12H,13H2,1-3H3,(H,25,26). The average Bonchev–Trinajstić information content (AvgIpc) is 1.12. The van der Waals surface area contributed by atoms with Crippen molar-refractivity contribution in [2.75, 3.05) is 60.0 Å². The van der Waals surface area contributed by atoms with Gasteiger partial charge in [-0.1, -0.05) is 121 Å². The number of aromatic nitrogens is 4. The first-order chi connectivity index (χ1) is 63.8. The molecule has 13 aromatic rings. The fourth-order valence-electron chi connectivity index (χ4n) is 13.6. The molecule has 11 aromatic carbocycles. The van der Waals surface area contributed by atoms with Gasteiger partial charge in [0.25, 0.3) is 23.6 Å². The molecule has 4 amide bonds. The lowest BCUT2D eigenvalue weighted by molar-refractivity contribution is -0.154. The van der Waals surface area contributed by atoms with E-state index in [0.29, 0.717) is 40.4 Å². The molecule has 31 heteroatoms. The van der Waals surface area contributed by atoms with Crippen molar-refractivity contribution in [2.45, 2.75) is 119 Å². The number of rotatable bonds is 24. The third-order valence-corrected chi connectivity index (χ3v) is 19.4. The summed E-state index contributed by atoms with van der Waals surface area (Å²) >= 11 is 0. The number of nitrogens with one attached hydrogen (secondary N) is 1. The largest absolute Gasteiger partial charge is 0.497 e. The molecule has 0 fully saturated rings. The number of hydrogen-bond donors (Lipinski definition) is 1. The number of H-pyrrole nitrogens is 1. The highest BCUT2D eigenvalue weighted by Crippen LogP contribution is 2.37. The summed E-state index contributed by atoms with van der Waals surface area (Å²) in [6.45, 7) is 20.5. The van der Waals surface area contributed by atoms with Crippen LogP contribution >= 0.6 is 0 Å². The van der Waals surface area contributed by atoms with Crippen molar-refractivity contribution in [3.8, 4) is 56.1 Å². The highest BCUT2D eigenvalue weighted by atomic mass is 19.2. The van der Waals surface area contributed by atoms with Gasteiger partial charge in [0.1, 0.15) is 123 Å². The lowest BCUT2D eigenvalue weighted by Gasteiger charge is -2.26. The molecule has 0 saturated heterocycles. The number of carbonyl (C=O) groups is 8. The number of carbonyl (C=O) groups excluding carboxylic acids is 8. The molecule has 0 aliphatic heterocycles. The fraction of sp³-hybridized carbons (Fsp3) is 0.231. The SMILES string of the molecule is CC(C)(C)OC(=O)CN(C(=O)c1c(F)cccc1F)c1cccc(-c2ccn[nH]2)c1.CC(C)(C)OC(=O)CN(C(=O)c1c(F)cccc1F)c1cccc(-c2cnn(Cc3ccccc3)c2)c1.COc1ccc(-c2cccc(N(CC(=O)OC(C)(C)C)C(=O)c3c(F)cccc3F)c2)c(C)c1.COc1cccc(-c2cccc(N(CC(=O)OC(C)(C)C)C(=O)c3c(F)cccc3F)c2)c1F. The molecule has 0 spiro atoms. The zero-order valence-corrected chi connectivity index (χ0v) is 76.6. The topological polar surface area (TPSA) is 251 Å². The number of halogens is 9. The molecule has 135 heavy (non-hydrogen) atoms. The Kier molecular flexibility index (Phi) is 33.6. The van der Waals surface area contributed by atoms with E-state index in [1.165, 1.54) is 55.6 Å². The second-order valence-electron chi connectivity index (χ2n) is 34.4. The van der Waals surface area contributed by atoms with Gasteiger partial charge in [0.15, 0.2) is 11.6 Å². The minimum absolute atomic E-state index is 0.0259. The van der Waals surface area contributed by atoms with Crippen LogP contribution in [0.1, 0.15) is 136 Å². The normalized spacial score (nSPS) is 11.2. The number of amides is 4. The minimum atomic E-state index is -1.08. The summed E-state index contributed by atoms with van der Waals surface area (Å²) in [4.78, 5) is 107. The van der Waals surface area contributed by atoms with E-state index in [-0.39, 0.29) is 28.4 Å². The van der Waals surface area contributed by atoms with Crippen LogP contribution in [0.4, 0.5) is 62.3 Å². The van der Waals surface area contributed by atoms with Gasteiger partial charge in [0.05, 0.1) is 32.7 Å². The molecular formula is C104H99F9N8O14. The Balaban J connectivity index is 0.000000187. The molecule has 0 unspecified atom stereocenters. The Labute approximate surface area is 774 Å². The van der Waals surface area contributed by atoms with Crippen LogP contribution in [0.15, 0.2) is 261 Å². The molecule has 0 saturated carbocycles. The van der Waals surface area contributed by atoms with Crippen LogP contribution in [0, 0.1) is 59.3 Å². The summed E-state index contributed by atoms with van der Waals surface area (Å²) in [6, 6.07) is 60.6. The zero-order chi connectivity index (χ0) is 98.6. The van der Waals surface area contributed by atoms with Gasteiger partial charge in [-0.2, -0.15) is 10.2 Å². The van der Waals surface area contributed by atoms with Gasteiger partial charge in [0, 0.05) is 51.8 Å². The van der Waals surface area contributed by atoms with Crippen molar-refractivity contribution in [3.05, 3.63) is 347 Å². The van der Waals surface area contributed by atoms with Crippen LogP contribution in [0.2, 0.25) is 0 Å². The molecule has 0 atom stereocenters. The summed E-state index contributed by atoms with van der Waals surface area (Å²) in [5.74, 6) is -15.1. The number of nitrogens with zero attached hydrogens (tertiary/aromatic N) is 7. The minimum Gasteiger partial charge on any atom is -0.497 e. The van der Waals surface area contributed by atoms with Crippen LogP contribution in [0.5, 0.6) is 11.5 Å². The predicted molar refractivity (Wildman–Crippen MR) is 494 cm³/mol. The molecule has 13 rings (SSSR count). The number of aromatic amines is 1. The average molecular weight is 1860 g/mol. The van der Waals surface area contributed by atoms with Gasteiger partial charge in [-0.15, -0.1) is 0 Å². The van der Waals surface area contributed by atoms with Crippen molar-refractivity contribution >= 4 is 70.3 Å². The zero-order valence-electron chi connectivity index (χ0n) is 76.6. The van der Waals surface area contributed by atoms with Crippen molar-refractivity contribution < 1.29 is 106 Å². The number of anilines is 4. The van der Waals surface area contributed by atoms with Gasteiger partial charge in [-0.05, 0) is 245 Å². The molecule has 2 heterocycles. The first-order valence-corrected chi connectivity index (χ1v) is 42.1. The summed E-state index contributed by atoms with van der Waals surface area (Å²) in [7, 11) is 2.92. The van der Waals surface area contributed by atoms with E-state index in [0.717, 1.165) is 102 Å². The van der Waals surface area contributed by atoms with Crippen molar-refractivity contribution in [3.63, 3.8) is 0 Å². The summed E-state index contributed by atoms with van der Waals surface area (Å²) in [6.07, 6.45) is 5.13. The smallest absolute Gasteiger partial charge is 0.326 e. The molecular weight excluding hydrogens is 1760 g/mol. The molecule has 0 aliphatic carbocycles. The van der Waals surface area contributed by atoms with Crippen molar-refractivity contribution in [1.29, 1.82) is 0 Å². The molecule has 0 bridgehead atoms. The summed E-state index contributed by atoms with van der Waals surface area (Å²) < 4.78 is 163. The van der Waals surface area contributed by atoms with E-state index in [2.05, 4.69) is 15.3 Å². The lowest BCUT2D eigenvalue weighted by Crippen LogP contribution is -2.39. The second kappa shape index (κ2) is 44.7. The first-order valence-electron chi connectivity index (χ1n) is 42.1. The fourth-order valence-corrected chi connectivity index (χ4v) is 13.6. The Morgan fingerprint density at radius 3 is 1.02 bits per heavy atom. The highest BCUT2D eigenvalue weighted by molar-refractivity contribution is 6.12. The maximum Gasteiger partial charge on any atom is 0.326 e. The third kappa shape index (κ3) is 28.1. The van der Waals surface area contributed by atoms with Crippen LogP contribution < -0.4 is 29.1 Å². The number of aryl methyl sites for hydroxylation is 1. The number of hydrogen-bond acceptors (Lipinski definition) is 16. The maximum atomic E-state index is 14.8. The Hall–Kier alpha value is -15.4. The van der Waals surface area contributed by atoms with Crippen LogP contribution in [0.25, 0.3) is 44.6 Å². The number of benzene rings is 11. The summed E-state index contributed by atoms with van der Waals surface area (Å²) in [5.41, 5.74) is 1.78. The predicted octanol–water partition coefficient (Wildman–Crippen LogP) is 21.9. The Bertz CT molecular complexity index is 6360. The molecule has 702 valence electrons. The van der Waals surface area contributed by atoms with E-state index < -0.39 is 171 Å². The van der Waals surface area contributed by atoms with E-state index in [1.807, 2.05) is 73.8 Å². The number of esters is 4. The molecule has 1 N–H and O–H groups in total. The van der Waals surface area contributed by atoms with Crippen LogP contribution in [-0.2, 0) is 44.7 Å². The lowest BCUT2D eigenvalue weighted by atomic mass is 9.99. The quantitative estimate of drug-likeness (QED) is 0.0335. The Morgan fingerprint density at radius 1 is 0.348 bits per heavy atom. The van der Waals surface area contributed by atoms with E-state index in [1.54, 1.807) is 186 Å². The molecule has 22 nitrogen and oxygen atoms in total. The second-order valence-corrected chi connectivity index (χ2v) is 34.4. The van der Waals surface area contributed by atoms with Gasteiger partial charge < -0.3 is 28.4 Å². The van der Waals surface area contributed by atoms with Gasteiger partial charge in [0.2, 0.25) is 0 Å². The van der Waals surface area contributed by atoms with Crippen molar-refractivity contribution in [2.24, 2.45) is 0 Å². The van der Waals surface area contributed by atoms with Gasteiger partial charge in [-0.25, -0.2) is 39.5 Å². The highest BCUT2D eigenvalue weighted by Gasteiger charge is 2.35. The number of ether oxygens (including phenoxy) is 6. The maximum absolute atomic E-state index is 14.8.